The largest absolute Gasteiger partial charge is 0.497 e. The van der Waals surface area contributed by atoms with Crippen LogP contribution in [-0.2, 0) is 17.9 Å². The molecule has 0 saturated heterocycles. The third kappa shape index (κ3) is 3.85. The molecule has 1 aromatic heterocycles. The SMILES string of the molecule is C/C=C\SC(C)c1cc2n(n1)CC(C)(C=O)N(Cc1cccc(OC)c1)C2=O. The molecule has 148 valence electrons. The highest BCUT2D eigenvalue weighted by Crippen LogP contribution is 2.33. The second-order valence-corrected chi connectivity index (χ2v) is 8.33. The molecule has 1 aliphatic rings. The Hall–Kier alpha value is -2.54. The monoisotopic (exact) mass is 399 g/mol. The third-order valence-corrected chi connectivity index (χ3v) is 5.99. The number of hydrogen-bond acceptors (Lipinski definition) is 5. The van der Waals surface area contributed by atoms with Crippen molar-refractivity contribution in [1.29, 1.82) is 0 Å². The number of ether oxygens (including phenoxy) is 1. The van der Waals surface area contributed by atoms with Crippen molar-refractivity contribution in [3.8, 4) is 5.75 Å². The number of benzene rings is 1. The molecule has 0 radical (unpaired) electrons. The molecule has 2 aromatic rings. The van der Waals surface area contributed by atoms with E-state index in [0.29, 0.717) is 18.8 Å². The Morgan fingerprint density at radius 2 is 2.18 bits per heavy atom. The van der Waals surface area contributed by atoms with Crippen LogP contribution in [-0.4, -0.2) is 39.5 Å². The first kappa shape index (κ1) is 20.2. The van der Waals surface area contributed by atoms with Gasteiger partial charge in [0.2, 0.25) is 0 Å². The van der Waals surface area contributed by atoms with Crippen LogP contribution in [0.1, 0.15) is 47.8 Å². The van der Waals surface area contributed by atoms with E-state index in [1.807, 2.05) is 48.7 Å². The molecule has 0 spiro atoms. The van der Waals surface area contributed by atoms with Crippen molar-refractivity contribution in [2.75, 3.05) is 7.11 Å². The minimum absolute atomic E-state index is 0.122. The van der Waals surface area contributed by atoms with E-state index in [4.69, 9.17) is 4.74 Å². The van der Waals surface area contributed by atoms with Crippen LogP contribution in [0.2, 0.25) is 0 Å². The van der Waals surface area contributed by atoms with Crippen LogP contribution in [0.4, 0.5) is 0 Å². The van der Waals surface area contributed by atoms with Gasteiger partial charge in [-0.2, -0.15) is 5.10 Å². The lowest BCUT2D eigenvalue weighted by Crippen LogP contribution is -2.57. The number of hydrogen-bond donors (Lipinski definition) is 0. The van der Waals surface area contributed by atoms with Gasteiger partial charge in [-0.05, 0) is 49.9 Å². The number of aldehydes is 1. The Morgan fingerprint density at radius 1 is 1.39 bits per heavy atom. The molecule has 0 N–H and O–H groups in total. The molecule has 0 aliphatic carbocycles. The number of amides is 1. The number of carbonyl (C=O) groups excluding carboxylic acids is 2. The van der Waals surface area contributed by atoms with Crippen LogP contribution in [0.25, 0.3) is 0 Å². The van der Waals surface area contributed by atoms with Gasteiger partial charge in [-0.3, -0.25) is 9.48 Å². The van der Waals surface area contributed by atoms with E-state index in [2.05, 4.69) is 12.0 Å². The molecule has 2 heterocycles. The van der Waals surface area contributed by atoms with Gasteiger partial charge < -0.3 is 14.4 Å². The van der Waals surface area contributed by atoms with E-state index >= 15 is 0 Å². The second kappa shape index (κ2) is 8.22. The number of fused-ring (bicyclic) bond motifs is 1. The number of methoxy groups -OCH3 is 1. The lowest BCUT2D eigenvalue weighted by molar-refractivity contribution is -0.118. The maximum atomic E-state index is 13.3. The molecule has 7 heteroatoms. The van der Waals surface area contributed by atoms with Gasteiger partial charge >= 0.3 is 0 Å². The van der Waals surface area contributed by atoms with Gasteiger partial charge in [0, 0.05) is 6.54 Å². The average Bonchev–Trinajstić information content (AvgIpc) is 3.13. The zero-order valence-electron chi connectivity index (χ0n) is 16.6. The van der Waals surface area contributed by atoms with Crippen molar-refractivity contribution in [2.45, 2.75) is 44.6 Å². The smallest absolute Gasteiger partial charge is 0.273 e. The first-order valence-corrected chi connectivity index (χ1v) is 10.1. The Bertz CT molecular complexity index is 908. The van der Waals surface area contributed by atoms with Crippen LogP contribution in [0.5, 0.6) is 5.75 Å². The minimum Gasteiger partial charge on any atom is -0.497 e. The topological polar surface area (TPSA) is 64.4 Å². The molecule has 1 aliphatic heterocycles. The fourth-order valence-electron chi connectivity index (χ4n) is 3.26. The van der Waals surface area contributed by atoms with E-state index in [1.165, 1.54) is 0 Å². The van der Waals surface area contributed by atoms with Gasteiger partial charge in [0.05, 0.1) is 24.6 Å². The van der Waals surface area contributed by atoms with E-state index in [9.17, 15) is 9.59 Å². The van der Waals surface area contributed by atoms with Crippen LogP contribution in [0.15, 0.2) is 41.8 Å². The molecule has 3 rings (SSSR count). The molecule has 1 amide bonds. The van der Waals surface area contributed by atoms with Crippen molar-refractivity contribution in [3.63, 3.8) is 0 Å². The van der Waals surface area contributed by atoms with Crippen molar-refractivity contribution in [3.05, 3.63) is 58.8 Å². The van der Waals surface area contributed by atoms with Gasteiger partial charge in [-0.15, -0.1) is 11.8 Å². The van der Waals surface area contributed by atoms with Gasteiger partial charge in [-0.1, -0.05) is 18.2 Å². The third-order valence-electron chi connectivity index (χ3n) is 4.91. The first-order valence-electron chi connectivity index (χ1n) is 9.17. The highest BCUT2D eigenvalue weighted by atomic mass is 32.2. The quantitative estimate of drug-likeness (QED) is 0.662. The Labute approximate surface area is 169 Å². The lowest BCUT2D eigenvalue weighted by Gasteiger charge is -2.41. The van der Waals surface area contributed by atoms with Crippen molar-refractivity contribution < 1.29 is 14.3 Å². The van der Waals surface area contributed by atoms with E-state index in [0.717, 1.165) is 23.3 Å². The maximum absolute atomic E-state index is 13.3. The van der Waals surface area contributed by atoms with Gasteiger partial charge in [0.1, 0.15) is 23.3 Å². The van der Waals surface area contributed by atoms with Crippen LogP contribution < -0.4 is 4.74 Å². The zero-order chi connectivity index (χ0) is 20.3. The highest BCUT2D eigenvalue weighted by molar-refractivity contribution is 8.02. The fraction of sp³-hybridized carbons (Fsp3) is 0.381. The summed E-state index contributed by atoms with van der Waals surface area (Å²) >= 11 is 1.64. The number of thioether (sulfide) groups is 1. The summed E-state index contributed by atoms with van der Waals surface area (Å²) in [6.45, 7) is 6.46. The first-order chi connectivity index (χ1) is 13.4. The van der Waals surface area contributed by atoms with Crippen molar-refractivity contribution in [2.24, 2.45) is 0 Å². The van der Waals surface area contributed by atoms with Crippen LogP contribution in [0.3, 0.4) is 0 Å². The predicted molar refractivity (Wildman–Crippen MR) is 110 cm³/mol. The second-order valence-electron chi connectivity index (χ2n) is 7.08. The molecular formula is C21H25N3O3S. The number of allylic oxidation sites excluding steroid dienone is 1. The minimum atomic E-state index is -0.962. The van der Waals surface area contributed by atoms with Crippen LogP contribution >= 0.6 is 11.8 Å². The molecule has 0 bridgehead atoms. The summed E-state index contributed by atoms with van der Waals surface area (Å²) < 4.78 is 6.94. The van der Waals surface area contributed by atoms with E-state index in [1.54, 1.807) is 35.4 Å². The van der Waals surface area contributed by atoms with Crippen LogP contribution in [0, 0.1) is 0 Å². The summed E-state index contributed by atoms with van der Waals surface area (Å²) in [5.41, 5.74) is 1.30. The Kier molecular flexibility index (Phi) is 5.93. The number of aromatic nitrogens is 2. The molecule has 1 aromatic carbocycles. The van der Waals surface area contributed by atoms with Gasteiger partial charge in [-0.25, -0.2) is 0 Å². The summed E-state index contributed by atoms with van der Waals surface area (Å²) in [4.78, 5) is 26.8. The maximum Gasteiger partial charge on any atom is 0.273 e. The highest BCUT2D eigenvalue weighted by Gasteiger charge is 2.42. The number of rotatable bonds is 7. The van der Waals surface area contributed by atoms with Crippen molar-refractivity contribution in [1.82, 2.24) is 14.7 Å². The van der Waals surface area contributed by atoms with E-state index in [-0.39, 0.29) is 11.2 Å². The lowest BCUT2D eigenvalue weighted by atomic mass is 9.97. The predicted octanol–water partition coefficient (Wildman–Crippen LogP) is 3.83. The van der Waals surface area contributed by atoms with Crippen molar-refractivity contribution >= 4 is 24.0 Å². The average molecular weight is 400 g/mol. The standard InChI is InChI=1S/C21H25N3O3S/c1-5-9-28-15(2)18-11-19-20(26)23(21(3,14-25)13-24(19)22-18)12-16-7-6-8-17(10-16)27-4/h5-11,14-15H,12-13H2,1-4H3/b9-5-. The summed E-state index contributed by atoms with van der Waals surface area (Å²) in [6.07, 6.45) is 2.81. The number of nitrogens with zero attached hydrogens (tertiary/aromatic N) is 3. The molecule has 2 atom stereocenters. The van der Waals surface area contributed by atoms with Gasteiger partial charge in [0.25, 0.3) is 5.91 Å². The zero-order valence-corrected chi connectivity index (χ0v) is 17.4. The molecule has 6 nitrogen and oxygen atoms in total. The summed E-state index contributed by atoms with van der Waals surface area (Å²) in [5.74, 6) is 0.530. The van der Waals surface area contributed by atoms with Gasteiger partial charge in [0.15, 0.2) is 0 Å². The fourth-order valence-corrected chi connectivity index (χ4v) is 3.91. The molecular weight excluding hydrogens is 374 g/mol. The molecule has 0 fully saturated rings. The molecule has 28 heavy (non-hydrogen) atoms. The summed E-state index contributed by atoms with van der Waals surface area (Å²) in [7, 11) is 1.60. The summed E-state index contributed by atoms with van der Waals surface area (Å²) in [6, 6.07) is 9.38. The Balaban J connectivity index is 1.93. The molecule has 0 saturated carbocycles. The van der Waals surface area contributed by atoms with E-state index < -0.39 is 5.54 Å². The Morgan fingerprint density at radius 3 is 2.86 bits per heavy atom. The summed E-state index contributed by atoms with van der Waals surface area (Å²) in [5, 5.41) is 6.73. The molecule has 2 unspecified atom stereocenters. The number of carbonyl (C=O) groups is 2. The normalized spacial score (nSPS) is 20.3.